The predicted octanol–water partition coefficient (Wildman–Crippen LogP) is 3.34. The molecule has 2 atom stereocenters. The summed E-state index contributed by atoms with van der Waals surface area (Å²) in [6, 6.07) is 7.59. The van der Waals surface area contributed by atoms with Crippen LogP contribution < -0.4 is 0 Å². The maximum atomic E-state index is 5.96. The van der Waals surface area contributed by atoms with E-state index in [1.807, 2.05) is 24.3 Å². The Kier molecular flexibility index (Phi) is 3.14. The van der Waals surface area contributed by atoms with E-state index in [4.69, 9.17) is 39.5 Å². The second-order valence-corrected chi connectivity index (χ2v) is 6.58. The fraction of sp³-hybridized carbons (Fsp3) is 0.455. The summed E-state index contributed by atoms with van der Waals surface area (Å²) < 4.78 is 4.22. The molecule has 1 saturated heterocycles. The van der Waals surface area contributed by atoms with Crippen LogP contribution in [0.3, 0.4) is 0 Å². The van der Waals surface area contributed by atoms with Gasteiger partial charge in [-0.3, -0.25) is 0 Å². The van der Waals surface area contributed by atoms with Crippen LogP contribution in [0.2, 0.25) is 0 Å². The fourth-order valence-corrected chi connectivity index (χ4v) is 2.77. The quantitative estimate of drug-likeness (QED) is 0.759. The van der Waals surface area contributed by atoms with Crippen molar-refractivity contribution in [3.05, 3.63) is 24.3 Å². The van der Waals surface area contributed by atoms with Gasteiger partial charge in [0.15, 0.2) is 10.0 Å². The molecule has 1 fully saturated rings. The Bertz CT molecular complexity index is 533. The van der Waals surface area contributed by atoms with Gasteiger partial charge in [0.05, 0.1) is 5.92 Å². The standard InChI is InChI=1S/C11H10Cl3N3O/c12-11(13,14)7-5-6-18-10(7)17-15-8-3-1-2-4-9(8)16-17/h1-4,7,10H,5-6H2. The summed E-state index contributed by atoms with van der Waals surface area (Å²) in [5, 5.41) is 8.73. The Hall–Kier alpha value is -0.550. The van der Waals surface area contributed by atoms with E-state index in [2.05, 4.69) is 10.2 Å². The number of nitrogens with zero attached hydrogens (tertiary/aromatic N) is 3. The van der Waals surface area contributed by atoms with Crippen LogP contribution in [0.25, 0.3) is 11.0 Å². The number of aromatic nitrogens is 3. The smallest absolute Gasteiger partial charge is 0.197 e. The normalized spacial score (nSPS) is 24.8. The molecule has 0 saturated carbocycles. The number of ether oxygens (including phenoxy) is 1. The lowest BCUT2D eigenvalue weighted by molar-refractivity contribution is 0.0131. The summed E-state index contributed by atoms with van der Waals surface area (Å²) in [5.41, 5.74) is 1.60. The molecule has 0 bridgehead atoms. The van der Waals surface area contributed by atoms with Gasteiger partial charge < -0.3 is 4.74 Å². The lowest BCUT2D eigenvalue weighted by Gasteiger charge is -2.23. The lowest BCUT2D eigenvalue weighted by Crippen LogP contribution is -2.27. The van der Waals surface area contributed by atoms with Crippen molar-refractivity contribution < 1.29 is 4.74 Å². The third-order valence-electron chi connectivity index (χ3n) is 3.01. The zero-order valence-corrected chi connectivity index (χ0v) is 11.5. The van der Waals surface area contributed by atoms with Gasteiger partial charge in [0.2, 0.25) is 0 Å². The largest absolute Gasteiger partial charge is 0.354 e. The minimum atomic E-state index is -1.37. The van der Waals surface area contributed by atoms with Crippen LogP contribution in [-0.4, -0.2) is 25.4 Å². The molecule has 7 heteroatoms. The van der Waals surface area contributed by atoms with E-state index in [1.54, 1.807) is 0 Å². The molecule has 0 N–H and O–H groups in total. The van der Waals surface area contributed by atoms with Crippen molar-refractivity contribution in [3.63, 3.8) is 0 Å². The minimum Gasteiger partial charge on any atom is -0.354 e. The molecule has 0 aliphatic carbocycles. The molecule has 1 aromatic carbocycles. The first-order valence-electron chi connectivity index (χ1n) is 5.55. The first-order chi connectivity index (χ1) is 8.55. The molecule has 4 nitrogen and oxygen atoms in total. The average molecular weight is 307 g/mol. The van der Waals surface area contributed by atoms with Gasteiger partial charge in [-0.2, -0.15) is 15.0 Å². The number of rotatable bonds is 1. The van der Waals surface area contributed by atoms with Gasteiger partial charge in [-0.15, -0.1) is 0 Å². The molecule has 0 spiro atoms. The van der Waals surface area contributed by atoms with Crippen LogP contribution in [0.5, 0.6) is 0 Å². The van der Waals surface area contributed by atoms with Crippen molar-refractivity contribution in [2.75, 3.05) is 6.61 Å². The van der Waals surface area contributed by atoms with E-state index in [1.165, 1.54) is 4.80 Å². The molecule has 2 heterocycles. The van der Waals surface area contributed by atoms with Gasteiger partial charge in [0.25, 0.3) is 0 Å². The third kappa shape index (κ3) is 2.18. The Morgan fingerprint density at radius 1 is 1.17 bits per heavy atom. The number of halogens is 3. The SMILES string of the molecule is ClC(Cl)(Cl)C1CCOC1n1nc2ccccc2n1. The summed E-state index contributed by atoms with van der Waals surface area (Å²) in [4.78, 5) is 1.50. The fourth-order valence-electron chi connectivity index (χ4n) is 2.12. The Balaban J connectivity index is 1.98. The first kappa shape index (κ1) is 12.5. The molecular weight excluding hydrogens is 297 g/mol. The first-order valence-corrected chi connectivity index (χ1v) is 6.69. The van der Waals surface area contributed by atoms with Crippen molar-refractivity contribution in [1.82, 2.24) is 15.0 Å². The van der Waals surface area contributed by atoms with Gasteiger partial charge in [-0.05, 0) is 18.6 Å². The van der Waals surface area contributed by atoms with Crippen LogP contribution >= 0.6 is 34.8 Å². The molecule has 1 aromatic heterocycles. The second kappa shape index (κ2) is 4.53. The maximum Gasteiger partial charge on any atom is 0.197 e. The summed E-state index contributed by atoms with van der Waals surface area (Å²) >= 11 is 17.9. The van der Waals surface area contributed by atoms with Gasteiger partial charge >= 0.3 is 0 Å². The summed E-state index contributed by atoms with van der Waals surface area (Å²) in [5.74, 6) is -0.246. The second-order valence-electron chi connectivity index (χ2n) is 4.21. The summed E-state index contributed by atoms with van der Waals surface area (Å²) in [7, 11) is 0. The van der Waals surface area contributed by atoms with E-state index in [0.717, 1.165) is 11.0 Å². The molecule has 1 aliphatic heterocycles. The third-order valence-corrected chi connectivity index (χ3v) is 3.85. The topological polar surface area (TPSA) is 39.9 Å². The van der Waals surface area contributed by atoms with E-state index in [9.17, 15) is 0 Å². The highest BCUT2D eigenvalue weighted by Gasteiger charge is 2.44. The zero-order valence-electron chi connectivity index (χ0n) is 9.26. The van der Waals surface area contributed by atoms with Crippen LogP contribution in [0, 0.1) is 5.92 Å². The van der Waals surface area contributed by atoms with Gasteiger partial charge in [0, 0.05) is 6.61 Å². The Morgan fingerprint density at radius 2 is 1.78 bits per heavy atom. The summed E-state index contributed by atoms with van der Waals surface area (Å²) in [6.45, 7) is 0.543. The molecule has 2 aromatic rings. The van der Waals surface area contributed by atoms with Crippen molar-refractivity contribution in [2.24, 2.45) is 5.92 Å². The highest BCUT2D eigenvalue weighted by Crippen LogP contribution is 2.46. The van der Waals surface area contributed by atoms with Crippen LogP contribution in [0.4, 0.5) is 0 Å². The number of fused-ring (bicyclic) bond motifs is 1. The molecule has 18 heavy (non-hydrogen) atoms. The van der Waals surface area contributed by atoms with Crippen molar-refractivity contribution in [1.29, 1.82) is 0 Å². The highest BCUT2D eigenvalue weighted by atomic mass is 35.6. The Labute approximate surface area is 119 Å². The average Bonchev–Trinajstić information content (AvgIpc) is 2.94. The molecule has 1 aliphatic rings. The molecular formula is C11H10Cl3N3O. The molecule has 3 rings (SSSR count). The summed E-state index contributed by atoms with van der Waals surface area (Å²) in [6.07, 6.45) is 0.254. The van der Waals surface area contributed by atoms with Gasteiger partial charge in [-0.25, -0.2) is 0 Å². The number of hydrogen-bond acceptors (Lipinski definition) is 3. The van der Waals surface area contributed by atoms with Crippen LogP contribution in [-0.2, 0) is 4.74 Å². The number of benzene rings is 1. The van der Waals surface area contributed by atoms with Crippen molar-refractivity contribution >= 4 is 45.8 Å². The molecule has 2 unspecified atom stereocenters. The van der Waals surface area contributed by atoms with Gasteiger partial charge in [-0.1, -0.05) is 46.9 Å². The molecule has 0 radical (unpaired) electrons. The molecule has 96 valence electrons. The minimum absolute atomic E-state index is 0.246. The van der Waals surface area contributed by atoms with Gasteiger partial charge in [0.1, 0.15) is 11.0 Å². The number of hydrogen-bond donors (Lipinski definition) is 0. The van der Waals surface area contributed by atoms with E-state index in [0.29, 0.717) is 13.0 Å². The highest BCUT2D eigenvalue weighted by molar-refractivity contribution is 6.67. The van der Waals surface area contributed by atoms with E-state index in [-0.39, 0.29) is 5.92 Å². The lowest BCUT2D eigenvalue weighted by atomic mass is 10.1. The number of alkyl halides is 3. The van der Waals surface area contributed by atoms with E-state index >= 15 is 0 Å². The van der Waals surface area contributed by atoms with E-state index < -0.39 is 10.0 Å². The predicted molar refractivity (Wildman–Crippen MR) is 70.9 cm³/mol. The van der Waals surface area contributed by atoms with Crippen molar-refractivity contribution in [2.45, 2.75) is 16.4 Å². The zero-order chi connectivity index (χ0) is 12.8. The Morgan fingerprint density at radius 3 is 2.33 bits per heavy atom. The van der Waals surface area contributed by atoms with Crippen molar-refractivity contribution in [3.8, 4) is 0 Å². The molecule has 0 amide bonds. The van der Waals surface area contributed by atoms with Crippen LogP contribution in [0.15, 0.2) is 24.3 Å². The van der Waals surface area contributed by atoms with Crippen LogP contribution in [0.1, 0.15) is 12.6 Å². The maximum absolute atomic E-state index is 5.96. The monoisotopic (exact) mass is 305 g/mol.